The van der Waals surface area contributed by atoms with Crippen molar-refractivity contribution in [3.63, 3.8) is 0 Å². The minimum absolute atomic E-state index is 0.151. The molecule has 0 radical (unpaired) electrons. The van der Waals surface area contributed by atoms with Crippen molar-refractivity contribution in [1.29, 1.82) is 0 Å². The lowest BCUT2D eigenvalue weighted by molar-refractivity contribution is -0.136. The fraction of sp³-hybridized carbons (Fsp3) is 0.826. The summed E-state index contributed by atoms with van der Waals surface area (Å²) in [5.74, 6) is -1.49. The van der Waals surface area contributed by atoms with Gasteiger partial charge in [0.2, 0.25) is 0 Å². The molecule has 0 aromatic heterocycles. The van der Waals surface area contributed by atoms with Crippen LogP contribution < -0.4 is 0 Å². The van der Waals surface area contributed by atoms with Gasteiger partial charge in [-0.25, -0.2) is 9.59 Å². The SMILES string of the molecule is CC(C)CCC(CC(C)C)/C(C(=O)O)=C(/C(=O)O)[Si](C(C)C)(C(C)C)C(C)C. The molecule has 1 atom stereocenters. The quantitative estimate of drug-likeness (QED) is 0.274. The standard InChI is InChI=1S/C23H44O4Si/c1-14(2)11-12-19(13-15(3)4)20(22(24)25)21(23(26)27)28(16(5)6,17(7)8)18(9)10/h14-19H,11-13H2,1-10H3,(H,24,25)(H,26,27)/b21-20+. The predicted molar refractivity (Wildman–Crippen MR) is 120 cm³/mol. The van der Waals surface area contributed by atoms with Crippen LogP contribution in [0.25, 0.3) is 0 Å². The van der Waals surface area contributed by atoms with Gasteiger partial charge in [-0.3, -0.25) is 0 Å². The Morgan fingerprint density at radius 3 is 1.36 bits per heavy atom. The third-order valence-electron chi connectivity index (χ3n) is 6.27. The molecule has 0 heterocycles. The van der Waals surface area contributed by atoms with E-state index in [1.165, 1.54) is 0 Å². The molecule has 0 aliphatic carbocycles. The molecule has 0 saturated carbocycles. The maximum Gasteiger partial charge on any atom is 0.331 e. The zero-order valence-corrected chi connectivity index (χ0v) is 20.8. The molecule has 4 nitrogen and oxygen atoms in total. The minimum Gasteiger partial charge on any atom is -0.478 e. The Bertz CT molecular complexity index is 537. The highest BCUT2D eigenvalue weighted by molar-refractivity contribution is 6.93. The van der Waals surface area contributed by atoms with Gasteiger partial charge in [0, 0.05) is 10.8 Å². The average Bonchev–Trinajstić information content (AvgIpc) is 2.49. The van der Waals surface area contributed by atoms with Gasteiger partial charge in [0.05, 0.1) is 0 Å². The van der Waals surface area contributed by atoms with Crippen molar-refractivity contribution in [2.24, 2.45) is 17.8 Å². The number of carboxylic acids is 2. The summed E-state index contributed by atoms with van der Waals surface area (Å²) in [5.41, 5.74) is 0.651. The zero-order valence-electron chi connectivity index (χ0n) is 19.8. The van der Waals surface area contributed by atoms with Gasteiger partial charge >= 0.3 is 11.9 Å². The van der Waals surface area contributed by atoms with Gasteiger partial charge in [-0.2, -0.15) is 0 Å². The topological polar surface area (TPSA) is 74.6 Å². The van der Waals surface area contributed by atoms with Gasteiger partial charge in [0.1, 0.15) is 8.07 Å². The van der Waals surface area contributed by atoms with Gasteiger partial charge < -0.3 is 10.2 Å². The highest BCUT2D eigenvalue weighted by Gasteiger charge is 2.51. The molecule has 0 rings (SSSR count). The van der Waals surface area contributed by atoms with Crippen molar-refractivity contribution in [3.05, 3.63) is 10.8 Å². The lowest BCUT2D eigenvalue weighted by Crippen LogP contribution is -2.51. The molecule has 1 unspecified atom stereocenters. The summed E-state index contributed by atoms with van der Waals surface area (Å²) in [6.45, 7) is 20.9. The van der Waals surface area contributed by atoms with E-state index in [2.05, 4.69) is 69.2 Å². The number of aliphatic carboxylic acids is 2. The normalized spacial score (nSPS) is 15.0. The summed E-state index contributed by atoms with van der Waals surface area (Å²) in [6.07, 6.45) is 2.34. The molecule has 0 saturated heterocycles. The van der Waals surface area contributed by atoms with Crippen LogP contribution in [0.5, 0.6) is 0 Å². The van der Waals surface area contributed by atoms with Crippen molar-refractivity contribution in [2.75, 3.05) is 0 Å². The molecule has 0 aromatic rings. The molecule has 2 N–H and O–H groups in total. The van der Waals surface area contributed by atoms with E-state index in [4.69, 9.17) is 0 Å². The fourth-order valence-corrected chi connectivity index (χ4v) is 12.2. The zero-order chi connectivity index (χ0) is 22.4. The number of carbonyl (C=O) groups is 2. The molecule has 0 aliphatic heterocycles. The van der Waals surface area contributed by atoms with Gasteiger partial charge in [0.15, 0.2) is 0 Å². The summed E-state index contributed by atoms with van der Waals surface area (Å²) in [4.78, 5) is 25.2. The van der Waals surface area contributed by atoms with E-state index >= 15 is 0 Å². The summed E-state index contributed by atoms with van der Waals surface area (Å²) in [6, 6.07) is 0. The number of rotatable bonds is 12. The maximum absolute atomic E-state index is 12.6. The lowest BCUT2D eigenvalue weighted by Gasteiger charge is -2.45. The maximum atomic E-state index is 12.6. The number of hydrogen-bond acceptors (Lipinski definition) is 2. The summed E-state index contributed by atoms with van der Waals surface area (Å²) < 4.78 is 0. The van der Waals surface area contributed by atoms with E-state index in [0.29, 0.717) is 18.3 Å². The summed E-state index contributed by atoms with van der Waals surface area (Å²) >= 11 is 0. The summed E-state index contributed by atoms with van der Waals surface area (Å²) in [7, 11) is -2.62. The van der Waals surface area contributed by atoms with E-state index in [1.807, 2.05) is 0 Å². The van der Waals surface area contributed by atoms with Gasteiger partial charge in [0.25, 0.3) is 0 Å². The Balaban J connectivity index is 7.03. The Morgan fingerprint density at radius 1 is 0.679 bits per heavy atom. The second kappa shape index (κ2) is 11.2. The van der Waals surface area contributed by atoms with Crippen molar-refractivity contribution in [1.82, 2.24) is 0 Å². The molecule has 0 aliphatic rings. The first kappa shape index (κ1) is 26.9. The Hall–Kier alpha value is -1.10. The second-order valence-corrected chi connectivity index (χ2v) is 15.9. The molecular weight excluding hydrogens is 368 g/mol. The van der Waals surface area contributed by atoms with Crippen LogP contribution in [0.2, 0.25) is 16.6 Å². The molecule has 5 heteroatoms. The first-order valence-electron chi connectivity index (χ1n) is 10.9. The van der Waals surface area contributed by atoms with E-state index in [0.717, 1.165) is 12.8 Å². The van der Waals surface area contributed by atoms with Crippen molar-refractivity contribution in [2.45, 2.75) is 105 Å². The van der Waals surface area contributed by atoms with E-state index in [-0.39, 0.29) is 33.3 Å². The third-order valence-corrected chi connectivity index (χ3v) is 13.4. The molecule has 28 heavy (non-hydrogen) atoms. The highest BCUT2D eigenvalue weighted by Crippen LogP contribution is 2.49. The van der Waals surface area contributed by atoms with Gasteiger partial charge in [-0.15, -0.1) is 0 Å². The Kier molecular flexibility index (Phi) is 10.7. The van der Waals surface area contributed by atoms with Crippen molar-refractivity contribution < 1.29 is 19.8 Å². The molecular formula is C23H44O4Si. The largest absolute Gasteiger partial charge is 0.478 e. The molecule has 0 fully saturated rings. The molecule has 0 amide bonds. The van der Waals surface area contributed by atoms with Gasteiger partial charge in [-0.1, -0.05) is 75.7 Å². The van der Waals surface area contributed by atoms with Crippen LogP contribution in [0, 0.1) is 17.8 Å². The smallest absolute Gasteiger partial charge is 0.331 e. The van der Waals surface area contributed by atoms with E-state index in [9.17, 15) is 19.8 Å². The first-order chi connectivity index (χ1) is 12.7. The predicted octanol–water partition coefficient (Wildman–Crippen LogP) is 6.77. The van der Waals surface area contributed by atoms with Gasteiger partial charge in [-0.05, 0) is 47.2 Å². The van der Waals surface area contributed by atoms with Crippen LogP contribution >= 0.6 is 0 Å². The molecule has 0 bridgehead atoms. The van der Waals surface area contributed by atoms with Crippen molar-refractivity contribution >= 4 is 20.0 Å². The Morgan fingerprint density at radius 2 is 1.11 bits per heavy atom. The Labute approximate surface area is 173 Å². The highest BCUT2D eigenvalue weighted by atomic mass is 28.3. The van der Waals surface area contributed by atoms with Crippen LogP contribution in [-0.2, 0) is 9.59 Å². The first-order valence-corrected chi connectivity index (χ1v) is 13.1. The molecule has 164 valence electrons. The van der Waals surface area contributed by atoms with Crippen molar-refractivity contribution in [3.8, 4) is 0 Å². The average molecular weight is 413 g/mol. The fourth-order valence-electron chi connectivity index (χ4n) is 5.37. The minimum atomic E-state index is -2.62. The van der Waals surface area contributed by atoms with Crippen LogP contribution in [0.4, 0.5) is 0 Å². The third kappa shape index (κ3) is 6.20. The van der Waals surface area contributed by atoms with Crippen LogP contribution in [0.15, 0.2) is 10.8 Å². The monoisotopic (exact) mass is 412 g/mol. The number of carboxylic acid groups (broad SMARTS) is 2. The van der Waals surface area contributed by atoms with Crippen LogP contribution in [0.1, 0.15) is 88.5 Å². The number of hydrogen-bond donors (Lipinski definition) is 2. The van der Waals surface area contributed by atoms with E-state index < -0.39 is 20.0 Å². The lowest BCUT2D eigenvalue weighted by atomic mass is 9.84. The second-order valence-electron chi connectivity index (χ2n) is 10.1. The van der Waals surface area contributed by atoms with Crippen LogP contribution in [-0.4, -0.2) is 30.2 Å². The summed E-state index contributed by atoms with van der Waals surface area (Å²) in [5, 5.41) is 20.9. The van der Waals surface area contributed by atoms with E-state index in [1.54, 1.807) is 0 Å². The van der Waals surface area contributed by atoms with Crippen LogP contribution in [0.3, 0.4) is 0 Å². The molecule has 0 spiro atoms. The molecule has 0 aromatic carbocycles.